The number of hydrogen-bond acceptors (Lipinski definition) is 2. The second-order valence-electron chi connectivity index (χ2n) is 9.65. The van der Waals surface area contributed by atoms with Crippen molar-refractivity contribution in [1.29, 1.82) is 0 Å². The van der Waals surface area contributed by atoms with Gasteiger partial charge in [-0.05, 0) is 76.6 Å². The predicted octanol–water partition coefficient (Wildman–Crippen LogP) is 6.55. The molecule has 6 rings (SSSR count). The molecule has 3 heteroatoms. The van der Waals surface area contributed by atoms with Gasteiger partial charge >= 0.3 is 7.12 Å². The van der Waals surface area contributed by atoms with Gasteiger partial charge in [-0.2, -0.15) is 0 Å². The monoisotopic (exact) mass is 404 g/mol. The van der Waals surface area contributed by atoms with E-state index in [4.69, 9.17) is 9.31 Å². The van der Waals surface area contributed by atoms with Gasteiger partial charge in [0.25, 0.3) is 0 Å². The first kappa shape index (κ1) is 18.9. The van der Waals surface area contributed by atoms with E-state index < -0.39 is 0 Å². The Bertz CT molecular complexity index is 1420. The van der Waals surface area contributed by atoms with E-state index in [2.05, 4.69) is 107 Å². The zero-order valence-corrected chi connectivity index (χ0v) is 18.4. The van der Waals surface area contributed by atoms with E-state index >= 15 is 0 Å². The summed E-state index contributed by atoms with van der Waals surface area (Å²) in [5.41, 5.74) is 2.89. The molecule has 0 unspecified atom stereocenters. The van der Waals surface area contributed by atoms with Gasteiger partial charge in [-0.3, -0.25) is 0 Å². The third kappa shape index (κ3) is 2.67. The van der Waals surface area contributed by atoms with Crippen LogP contribution in [0.25, 0.3) is 43.4 Å². The van der Waals surface area contributed by atoms with E-state index in [0.29, 0.717) is 0 Å². The summed E-state index contributed by atoms with van der Waals surface area (Å²) >= 11 is 0. The molecule has 5 aromatic carbocycles. The number of benzene rings is 5. The standard InChI is InChI=1S/C28H25BO2/c1-27(2)28(3,4)31-29(30-27)24-17-20-14-15-21(18-9-6-5-7-10-18)22-16-13-19-11-8-12-23(24)25(19)26(20)22/h5-17H,1-4H3. The predicted molar refractivity (Wildman–Crippen MR) is 131 cm³/mol. The summed E-state index contributed by atoms with van der Waals surface area (Å²) in [6.45, 7) is 8.44. The Hall–Kier alpha value is -2.88. The Morgan fingerprint density at radius 1 is 0.613 bits per heavy atom. The molecule has 5 aromatic rings. The topological polar surface area (TPSA) is 18.5 Å². The zero-order chi connectivity index (χ0) is 21.4. The summed E-state index contributed by atoms with van der Waals surface area (Å²) in [6, 6.07) is 28.4. The van der Waals surface area contributed by atoms with Crippen LogP contribution < -0.4 is 5.46 Å². The Morgan fingerprint density at radius 3 is 2.03 bits per heavy atom. The summed E-state index contributed by atoms with van der Waals surface area (Å²) in [5.74, 6) is 0. The first-order valence-electron chi connectivity index (χ1n) is 11.0. The molecule has 0 aromatic heterocycles. The van der Waals surface area contributed by atoms with Crippen LogP contribution in [0.4, 0.5) is 0 Å². The fraction of sp³-hybridized carbons (Fsp3) is 0.214. The SMILES string of the molecule is CC1(C)OB(c2cc3ccc(-c4ccccc4)c4ccc5cccc2c5c34)OC1(C)C. The summed E-state index contributed by atoms with van der Waals surface area (Å²) in [7, 11) is -0.382. The van der Waals surface area contributed by atoms with Gasteiger partial charge in [-0.25, -0.2) is 0 Å². The molecule has 1 aliphatic rings. The molecule has 1 heterocycles. The maximum absolute atomic E-state index is 6.45. The smallest absolute Gasteiger partial charge is 0.399 e. The molecule has 0 amide bonds. The third-order valence-electron chi connectivity index (χ3n) is 7.27. The molecule has 2 nitrogen and oxygen atoms in total. The zero-order valence-electron chi connectivity index (χ0n) is 18.4. The van der Waals surface area contributed by atoms with Crippen molar-refractivity contribution < 1.29 is 9.31 Å². The van der Waals surface area contributed by atoms with Crippen LogP contribution in [0, 0.1) is 0 Å². The van der Waals surface area contributed by atoms with E-state index in [1.165, 1.54) is 43.4 Å². The minimum absolute atomic E-state index is 0.365. The minimum Gasteiger partial charge on any atom is -0.399 e. The van der Waals surface area contributed by atoms with Crippen molar-refractivity contribution in [3.8, 4) is 11.1 Å². The van der Waals surface area contributed by atoms with Gasteiger partial charge in [-0.1, -0.05) is 78.9 Å². The molecule has 31 heavy (non-hydrogen) atoms. The average Bonchev–Trinajstić information content (AvgIpc) is 2.99. The summed E-state index contributed by atoms with van der Waals surface area (Å²) in [4.78, 5) is 0. The van der Waals surface area contributed by atoms with Crippen LogP contribution in [0.5, 0.6) is 0 Å². The van der Waals surface area contributed by atoms with Crippen molar-refractivity contribution in [1.82, 2.24) is 0 Å². The van der Waals surface area contributed by atoms with E-state index in [0.717, 1.165) is 5.46 Å². The molecular weight excluding hydrogens is 379 g/mol. The van der Waals surface area contributed by atoms with Crippen molar-refractivity contribution in [3.63, 3.8) is 0 Å². The van der Waals surface area contributed by atoms with Crippen molar-refractivity contribution in [3.05, 3.63) is 78.9 Å². The molecule has 1 aliphatic heterocycles. The maximum atomic E-state index is 6.45. The summed E-state index contributed by atoms with van der Waals surface area (Å²) in [6.07, 6.45) is 0. The highest BCUT2D eigenvalue weighted by atomic mass is 16.7. The Kier molecular flexibility index (Phi) is 3.84. The largest absolute Gasteiger partial charge is 0.495 e. The molecule has 1 fully saturated rings. The van der Waals surface area contributed by atoms with Crippen LogP contribution in [0.1, 0.15) is 27.7 Å². The van der Waals surface area contributed by atoms with Gasteiger partial charge in [-0.15, -0.1) is 0 Å². The molecular formula is C28H25BO2. The molecule has 0 atom stereocenters. The lowest BCUT2D eigenvalue weighted by Gasteiger charge is -2.32. The molecule has 0 N–H and O–H groups in total. The number of hydrogen-bond donors (Lipinski definition) is 0. The maximum Gasteiger partial charge on any atom is 0.495 e. The Labute approximate surface area is 183 Å². The second kappa shape index (κ2) is 6.32. The highest BCUT2D eigenvalue weighted by molar-refractivity contribution is 6.66. The average molecular weight is 404 g/mol. The molecule has 0 radical (unpaired) electrons. The molecule has 0 aliphatic carbocycles. The number of rotatable bonds is 2. The van der Waals surface area contributed by atoms with E-state index in [1.807, 2.05) is 0 Å². The van der Waals surface area contributed by atoms with Gasteiger partial charge < -0.3 is 9.31 Å². The molecule has 152 valence electrons. The third-order valence-corrected chi connectivity index (χ3v) is 7.27. The Balaban J connectivity index is 1.66. The van der Waals surface area contributed by atoms with E-state index in [9.17, 15) is 0 Å². The van der Waals surface area contributed by atoms with Crippen molar-refractivity contribution in [2.45, 2.75) is 38.9 Å². The molecule has 0 spiro atoms. The van der Waals surface area contributed by atoms with Gasteiger partial charge in [0.2, 0.25) is 0 Å². The summed E-state index contributed by atoms with van der Waals surface area (Å²) < 4.78 is 12.9. The normalized spacial score (nSPS) is 17.9. The van der Waals surface area contributed by atoms with E-state index in [1.54, 1.807) is 0 Å². The highest BCUT2D eigenvalue weighted by Crippen LogP contribution is 2.41. The van der Waals surface area contributed by atoms with Crippen LogP contribution in [0.3, 0.4) is 0 Å². The first-order chi connectivity index (χ1) is 14.9. The van der Waals surface area contributed by atoms with Gasteiger partial charge in [0, 0.05) is 0 Å². The lowest BCUT2D eigenvalue weighted by Crippen LogP contribution is -2.41. The van der Waals surface area contributed by atoms with Crippen LogP contribution in [-0.4, -0.2) is 18.3 Å². The first-order valence-corrected chi connectivity index (χ1v) is 11.0. The molecule has 0 bridgehead atoms. The lowest BCUT2D eigenvalue weighted by molar-refractivity contribution is 0.00578. The van der Waals surface area contributed by atoms with Gasteiger partial charge in [0.15, 0.2) is 0 Å². The van der Waals surface area contributed by atoms with Crippen LogP contribution in [0.15, 0.2) is 78.9 Å². The minimum atomic E-state index is -0.382. The second-order valence-corrected chi connectivity index (χ2v) is 9.65. The molecule has 1 saturated heterocycles. The van der Waals surface area contributed by atoms with Crippen molar-refractivity contribution in [2.24, 2.45) is 0 Å². The van der Waals surface area contributed by atoms with Crippen molar-refractivity contribution >= 4 is 44.9 Å². The van der Waals surface area contributed by atoms with Crippen LogP contribution in [0.2, 0.25) is 0 Å². The summed E-state index contributed by atoms with van der Waals surface area (Å²) in [5, 5.41) is 7.57. The van der Waals surface area contributed by atoms with Crippen molar-refractivity contribution in [2.75, 3.05) is 0 Å². The quantitative estimate of drug-likeness (QED) is 0.245. The highest BCUT2D eigenvalue weighted by Gasteiger charge is 2.52. The van der Waals surface area contributed by atoms with Crippen LogP contribution in [-0.2, 0) is 9.31 Å². The lowest BCUT2D eigenvalue weighted by atomic mass is 9.73. The molecule has 0 saturated carbocycles. The van der Waals surface area contributed by atoms with Gasteiger partial charge in [0.1, 0.15) is 0 Å². The van der Waals surface area contributed by atoms with Crippen LogP contribution >= 0.6 is 0 Å². The Morgan fingerprint density at radius 2 is 1.29 bits per heavy atom. The fourth-order valence-electron chi connectivity index (χ4n) is 4.89. The van der Waals surface area contributed by atoms with Gasteiger partial charge in [0.05, 0.1) is 11.2 Å². The van der Waals surface area contributed by atoms with E-state index in [-0.39, 0.29) is 18.3 Å². The fourth-order valence-corrected chi connectivity index (χ4v) is 4.89.